The zero-order valence-electron chi connectivity index (χ0n) is 6.79. The van der Waals surface area contributed by atoms with Crippen molar-refractivity contribution in [3.8, 4) is 0 Å². The van der Waals surface area contributed by atoms with E-state index in [2.05, 4.69) is 4.18 Å². The molecule has 0 radical (unpaired) electrons. The molecule has 0 aromatic heterocycles. The SMILES string of the molecule is CC=COS(C)(=O)=O.[H-].[Na+]. The van der Waals surface area contributed by atoms with Crippen LogP contribution in [-0.2, 0) is 14.3 Å². The molecule has 5 heteroatoms. The van der Waals surface area contributed by atoms with Crippen LogP contribution in [-0.4, -0.2) is 14.7 Å². The topological polar surface area (TPSA) is 43.4 Å². The van der Waals surface area contributed by atoms with Crippen molar-refractivity contribution in [1.82, 2.24) is 0 Å². The van der Waals surface area contributed by atoms with Crippen LogP contribution < -0.4 is 29.6 Å². The van der Waals surface area contributed by atoms with Gasteiger partial charge in [0.25, 0.3) is 0 Å². The molecule has 0 heterocycles. The third-order valence-electron chi connectivity index (χ3n) is 0.366. The van der Waals surface area contributed by atoms with Crippen LogP contribution in [0.4, 0.5) is 0 Å². The predicted molar refractivity (Wildman–Crippen MR) is 31.9 cm³/mol. The van der Waals surface area contributed by atoms with Gasteiger partial charge in [0.05, 0.1) is 6.26 Å². The van der Waals surface area contributed by atoms with Gasteiger partial charge in [-0.15, -0.1) is 0 Å². The average molecular weight is 160 g/mol. The molecule has 0 aliphatic carbocycles. The van der Waals surface area contributed by atoms with E-state index in [0.29, 0.717) is 0 Å². The van der Waals surface area contributed by atoms with Gasteiger partial charge < -0.3 is 5.61 Å². The first-order valence-electron chi connectivity index (χ1n) is 2.05. The van der Waals surface area contributed by atoms with Crippen molar-refractivity contribution in [1.29, 1.82) is 0 Å². The van der Waals surface area contributed by atoms with Gasteiger partial charge >= 0.3 is 39.7 Å². The summed E-state index contributed by atoms with van der Waals surface area (Å²) in [4.78, 5) is 0. The zero-order chi connectivity index (χ0) is 6.62. The fourth-order valence-electron chi connectivity index (χ4n) is 0.156. The molecule has 0 aromatic rings. The van der Waals surface area contributed by atoms with Crippen LogP contribution in [0.5, 0.6) is 0 Å². The summed E-state index contributed by atoms with van der Waals surface area (Å²) in [5.74, 6) is 0. The van der Waals surface area contributed by atoms with Crippen LogP contribution in [0.3, 0.4) is 0 Å². The Morgan fingerprint density at radius 1 is 1.56 bits per heavy atom. The van der Waals surface area contributed by atoms with E-state index in [1.165, 1.54) is 6.08 Å². The molecule has 0 N–H and O–H groups in total. The Morgan fingerprint density at radius 2 is 2.00 bits per heavy atom. The van der Waals surface area contributed by atoms with Crippen molar-refractivity contribution in [3.05, 3.63) is 12.3 Å². The third-order valence-corrected chi connectivity index (χ3v) is 0.827. The summed E-state index contributed by atoms with van der Waals surface area (Å²) in [6.07, 6.45) is 3.61. The molecule has 0 fully saturated rings. The Hall–Kier alpha value is 0.490. The van der Waals surface area contributed by atoms with Crippen LogP contribution in [0.1, 0.15) is 8.35 Å². The summed E-state index contributed by atoms with van der Waals surface area (Å²) in [5, 5.41) is 0. The summed E-state index contributed by atoms with van der Waals surface area (Å²) < 4.78 is 24.4. The minimum Gasteiger partial charge on any atom is -1.00 e. The van der Waals surface area contributed by atoms with E-state index >= 15 is 0 Å². The van der Waals surface area contributed by atoms with Crippen LogP contribution in [0.15, 0.2) is 12.3 Å². The van der Waals surface area contributed by atoms with E-state index in [4.69, 9.17) is 0 Å². The Balaban J connectivity index is -0.000000245. The Kier molecular flexibility index (Phi) is 7.16. The van der Waals surface area contributed by atoms with Gasteiger partial charge in [-0.3, -0.25) is 0 Å². The van der Waals surface area contributed by atoms with Crippen molar-refractivity contribution in [2.75, 3.05) is 6.26 Å². The molecule has 0 aromatic carbocycles. The first-order valence-corrected chi connectivity index (χ1v) is 3.87. The number of allylic oxidation sites excluding steroid dienone is 1. The average Bonchev–Trinajstić information content (AvgIpc) is 1.59. The molecule has 0 aliphatic heterocycles. The van der Waals surface area contributed by atoms with Gasteiger partial charge in [0.15, 0.2) is 0 Å². The molecule has 3 nitrogen and oxygen atoms in total. The number of rotatable bonds is 2. The second kappa shape index (κ2) is 5.29. The van der Waals surface area contributed by atoms with Crippen LogP contribution in [0.2, 0.25) is 0 Å². The van der Waals surface area contributed by atoms with E-state index in [-0.39, 0.29) is 31.0 Å². The molecule has 0 saturated carbocycles. The first-order chi connectivity index (χ1) is 3.56. The van der Waals surface area contributed by atoms with Gasteiger partial charge in [-0.1, -0.05) is 6.08 Å². The summed E-state index contributed by atoms with van der Waals surface area (Å²) in [5.41, 5.74) is 0. The van der Waals surface area contributed by atoms with Gasteiger partial charge in [0, 0.05) is 0 Å². The van der Waals surface area contributed by atoms with Gasteiger partial charge in [0.1, 0.15) is 6.26 Å². The van der Waals surface area contributed by atoms with Crippen molar-refractivity contribution in [2.45, 2.75) is 6.92 Å². The van der Waals surface area contributed by atoms with E-state index in [9.17, 15) is 8.42 Å². The fraction of sp³-hybridized carbons (Fsp3) is 0.500. The molecule has 9 heavy (non-hydrogen) atoms. The van der Waals surface area contributed by atoms with Crippen molar-refractivity contribution in [2.24, 2.45) is 0 Å². The van der Waals surface area contributed by atoms with Crippen molar-refractivity contribution >= 4 is 10.1 Å². The Labute approximate surface area is 79.0 Å². The molecular formula is C4H9NaO3S. The minimum absolute atomic E-state index is 0. The molecule has 0 bridgehead atoms. The van der Waals surface area contributed by atoms with Crippen molar-refractivity contribution in [3.63, 3.8) is 0 Å². The predicted octanol–water partition coefficient (Wildman–Crippen LogP) is -2.39. The van der Waals surface area contributed by atoms with Crippen molar-refractivity contribution < 1.29 is 43.6 Å². The fourth-order valence-corrected chi connectivity index (χ4v) is 0.469. The van der Waals surface area contributed by atoms with E-state index in [1.54, 1.807) is 6.92 Å². The van der Waals surface area contributed by atoms with Gasteiger partial charge in [-0.25, -0.2) is 0 Å². The Morgan fingerprint density at radius 3 is 2.11 bits per heavy atom. The van der Waals surface area contributed by atoms with Crippen LogP contribution in [0, 0.1) is 0 Å². The third kappa shape index (κ3) is 11.9. The van der Waals surface area contributed by atoms with Gasteiger partial charge in [-0.05, 0) is 6.92 Å². The largest absolute Gasteiger partial charge is 1.00 e. The molecule has 0 atom stereocenters. The molecule has 0 rings (SSSR count). The smallest absolute Gasteiger partial charge is 1.00 e. The zero-order valence-corrected chi connectivity index (χ0v) is 8.60. The molecule has 50 valence electrons. The summed E-state index contributed by atoms with van der Waals surface area (Å²) in [6, 6.07) is 0. The molecule has 0 amide bonds. The van der Waals surface area contributed by atoms with Gasteiger partial charge in [-0.2, -0.15) is 8.42 Å². The molecule has 0 aliphatic rings. The second-order valence-corrected chi connectivity index (χ2v) is 2.87. The maximum Gasteiger partial charge on any atom is 1.00 e. The van der Waals surface area contributed by atoms with Crippen LogP contribution in [0.25, 0.3) is 0 Å². The second-order valence-electron chi connectivity index (χ2n) is 1.27. The normalized spacial score (nSPS) is 10.9. The maximum absolute atomic E-state index is 10.1. The molecule has 0 unspecified atom stereocenters. The quantitative estimate of drug-likeness (QED) is 0.257. The number of hydrogen-bond acceptors (Lipinski definition) is 3. The molecular weight excluding hydrogens is 151 g/mol. The monoisotopic (exact) mass is 160 g/mol. The summed E-state index contributed by atoms with van der Waals surface area (Å²) in [6.45, 7) is 1.67. The maximum atomic E-state index is 10.1. The van der Waals surface area contributed by atoms with Gasteiger partial charge in [0.2, 0.25) is 0 Å². The van der Waals surface area contributed by atoms with E-state index in [0.717, 1.165) is 12.5 Å². The minimum atomic E-state index is -3.27. The number of hydrogen-bond donors (Lipinski definition) is 0. The first kappa shape index (κ1) is 12.2. The molecule has 0 saturated heterocycles. The Bertz CT molecular complexity index is 175. The van der Waals surface area contributed by atoms with E-state index < -0.39 is 10.1 Å². The molecule has 0 spiro atoms. The van der Waals surface area contributed by atoms with E-state index in [1.807, 2.05) is 0 Å². The summed E-state index contributed by atoms with van der Waals surface area (Å²) >= 11 is 0. The summed E-state index contributed by atoms with van der Waals surface area (Å²) in [7, 11) is -3.27. The van der Waals surface area contributed by atoms with Crippen LogP contribution >= 0.6 is 0 Å². The standard InChI is InChI=1S/C4H8O3S.Na.H/c1-3-4-7-8(2,5)6;;/h3-4H,1-2H3;;/q;+1;-1.